The lowest BCUT2D eigenvalue weighted by molar-refractivity contribution is -0.133. The molecule has 0 spiro atoms. The third-order valence-electron chi connectivity index (χ3n) is 9.47. The minimum atomic E-state index is -1.34. The van der Waals surface area contributed by atoms with Crippen LogP contribution in [0.25, 0.3) is 0 Å². The fourth-order valence-electron chi connectivity index (χ4n) is 6.48. The maximum Gasteiger partial charge on any atom is 0.408 e. The number of fused-ring (bicyclic) bond motifs is 1. The Morgan fingerprint density at radius 1 is 0.729 bits per heavy atom. The molecule has 15 nitrogen and oxygen atoms in total. The third-order valence-corrected chi connectivity index (χ3v) is 9.77. The Kier molecular flexibility index (Phi) is 17.5. The number of amides is 7. The molecule has 0 saturated carbocycles. The molecule has 4 rings (SSSR count). The fourth-order valence-corrected chi connectivity index (χ4v) is 6.78. The second-order valence-corrected chi connectivity index (χ2v) is 15.1. The highest BCUT2D eigenvalue weighted by Gasteiger charge is 2.32. The van der Waals surface area contributed by atoms with Crippen LogP contribution in [0.4, 0.5) is 10.5 Å². The number of benzene rings is 3. The molecule has 0 bridgehead atoms. The molecule has 59 heavy (non-hydrogen) atoms. The van der Waals surface area contributed by atoms with Crippen molar-refractivity contribution in [1.82, 2.24) is 21.3 Å². The van der Waals surface area contributed by atoms with Gasteiger partial charge in [0.05, 0.1) is 10.7 Å². The van der Waals surface area contributed by atoms with Gasteiger partial charge in [0, 0.05) is 37.9 Å². The topological polar surface area (TPSA) is 232 Å². The van der Waals surface area contributed by atoms with Crippen LogP contribution in [0.5, 0.6) is 0 Å². The van der Waals surface area contributed by atoms with Gasteiger partial charge in [-0.1, -0.05) is 104 Å². The van der Waals surface area contributed by atoms with Gasteiger partial charge in [0.2, 0.25) is 29.5 Å². The van der Waals surface area contributed by atoms with E-state index in [4.69, 9.17) is 27.8 Å². The smallest absolute Gasteiger partial charge is 0.408 e. The number of anilines is 1. The van der Waals surface area contributed by atoms with E-state index in [0.717, 1.165) is 11.1 Å². The van der Waals surface area contributed by atoms with E-state index in [1.165, 1.54) is 17.1 Å². The number of nitrogens with one attached hydrogen (secondary N) is 4. The summed E-state index contributed by atoms with van der Waals surface area (Å²) < 4.78 is 5.35. The first-order valence-corrected chi connectivity index (χ1v) is 19.8. The Hall–Kier alpha value is -6.22. The van der Waals surface area contributed by atoms with Gasteiger partial charge in [0.15, 0.2) is 0 Å². The standard InChI is InChI=1S/C43H52ClN7O8/c1-27(2)24-34(50-43(58)59-26-29-12-7-4-8-13-29)41(56)49-35(25-28-10-5-3-6-11-28)42(57)48-33(18-20-37(46)53)40(55)47-31(16-19-36(45)52)17-21-38(54)51-23-22-30-14-9-15-32(44)39(30)51/h3-15,17,21,27,31,33-35H,16,18-20,22-26H2,1-2H3,(H2,45,52)(H2,46,53)(H,47,55)(H,48,57)(H,49,56)(H,50,58)/b21-17+/t31-,33-,34-,35-/m0/s1. The Balaban J connectivity index is 1.52. The molecule has 3 aromatic carbocycles. The van der Waals surface area contributed by atoms with Crippen LogP contribution in [-0.4, -0.2) is 72.2 Å². The summed E-state index contributed by atoms with van der Waals surface area (Å²) in [4.78, 5) is 93.1. The van der Waals surface area contributed by atoms with Gasteiger partial charge < -0.3 is 42.4 Å². The summed E-state index contributed by atoms with van der Waals surface area (Å²) in [6.07, 6.45) is 2.09. The summed E-state index contributed by atoms with van der Waals surface area (Å²) in [6.45, 7) is 4.12. The molecule has 16 heteroatoms. The lowest BCUT2D eigenvalue weighted by Crippen LogP contribution is -2.58. The van der Waals surface area contributed by atoms with Crippen LogP contribution in [0.2, 0.25) is 5.02 Å². The van der Waals surface area contributed by atoms with Crippen LogP contribution in [0.1, 0.15) is 62.6 Å². The number of carbonyl (C=O) groups excluding carboxylic acids is 7. The van der Waals surface area contributed by atoms with Crippen molar-refractivity contribution in [3.8, 4) is 0 Å². The zero-order valence-electron chi connectivity index (χ0n) is 33.2. The predicted molar refractivity (Wildman–Crippen MR) is 222 cm³/mol. The minimum absolute atomic E-state index is 0.00511. The predicted octanol–water partition coefficient (Wildman–Crippen LogP) is 3.35. The lowest BCUT2D eigenvalue weighted by atomic mass is 10.0. The summed E-state index contributed by atoms with van der Waals surface area (Å²) in [5.41, 5.74) is 13.8. The highest BCUT2D eigenvalue weighted by molar-refractivity contribution is 6.34. The minimum Gasteiger partial charge on any atom is -0.445 e. The van der Waals surface area contributed by atoms with Crippen LogP contribution < -0.4 is 37.6 Å². The van der Waals surface area contributed by atoms with Gasteiger partial charge in [0.1, 0.15) is 24.7 Å². The molecule has 1 aliphatic heterocycles. The molecule has 4 atom stereocenters. The number of primary amides is 2. The van der Waals surface area contributed by atoms with Gasteiger partial charge in [-0.2, -0.15) is 0 Å². The third kappa shape index (κ3) is 14.9. The number of alkyl carbamates (subject to hydrolysis) is 1. The van der Waals surface area contributed by atoms with E-state index in [-0.39, 0.29) is 51.0 Å². The number of ether oxygens (including phenoxy) is 1. The number of rotatable bonds is 21. The van der Waals surface area contributed by atoms with E-state index < -0.39 is 65.7 Å². The molecular weight excluding hydrogens is 778 g/mol. The van der Waals surface area contributed by atoms with Gasteiger partial charge in [-0.3, -0.25) is 28.8 Å². The monoisotopic (exact) mass is 829 g/mol. The first-order valence-electron chi connectivity index (χ1n) is 19.5. The van der Waals surface area contributed by atoms with Crippen molar-refractivity contribution in [1.29, 1.82) is 0 Å². The second kappa shape index (κ2) is 22.6. The molecule has 314 valence electrons. The number of para-hydroxylation sites is 1. The Morgan fingerprint density at radius 3 is 1.97 bits per heavy atom. The number of halogens is 1. The molecule has 0 aliphatic carbocycles. The molecule has 0 fully saturated rings. The van der Waals surface area contributed by atoms with Crippen molar-refractivity contribution in [2.24, 2.45) is 17.4 Å². The van der Waals surface area contributed by atoms with Gasteiger partial charge in [0.25, 0.3) is 5.91 Å². The van der Waals surface area contributed by atoms with Crippen LogP contribution in [-0.2, 0) is 53.0 Å². The average molecular weight is 830 g/mol. The molecule has 7 amide bonds. The van der Waals surface area contributed by atoms with Gasteiger partial charge in [-0.05, 0) is 54.4 Å². The Bertz CT molecular complexity index is 1980. The SMILES string of the molecule is CC(C)C[C@H](NC(=O)OCc1ccccc1)C(=O)N[C@@H](Cc1ccccc1)C(=O)N[C@@H](CCC(N)=O)C(=O)N[C@H](/C=C/C(=O)N1CCc2cccc(Cl)c21)CCC(N)=O. The number of hydrogen-bond donors (Lipinski definition) is 6. The van der Waals surface area contributed by atoms with Crippen molar-refractivity contribution in [3.05, 3.63) is 113 Å². The summed E-state index contributed by atoms with van der Waals surface area (Å²) in [5.74, 6) is -3.97. The van der Waals surface area contributed by atoms with Crippen LogP contribution in [0, 0.1) is 5.92 Å². The summed E-state index contributed by atoms with van der Waals surface area (Å²) in [6, 6.07) is 18.7. The van der Waals surface area contributed by atoms with Crippen molar-refractivity contribution in [2.45, 2.75) is 89.6 Å². The van der Waals surface area contributed by atoms with E-state index in [2.05, 4.69) is 21.3 Å². The van der Waals surface area contributed by atoms with E-state index in [0.29, 0.717) is 29.2 Å². The van der Waals surface area contributed by atoms with Gasteiger partial charge in [-0.25, -0.2) is 4.79 Å². The molecule has 8 N–H and O–H groups in total. The molecule has 3 aromatic rings. The Labute approximate surface area is 348 Å². The molecular formula is C43H52ClN7O8. The number of nitrogens with zero attached hydrogens (tertiary/aromatic N) is 1. The van der Waals surface area contributed by atoms with E-state index in [9.17, 15) is 33.6 Å². The highest BCUT2D eigenvalue weighted by Crippen LogP contribution is 2.35. The quantitative estimate of drug-likeness (QED) is 0.0870. The van der Waals surface area contributed by atoms with Crippen molar-refractivity contribution in [3.63, 3.8) is 0 Å². The van der Waals surface area contributed by atoms with Crippen molar-refractivity contribution >= 4 is 58.8 Å². The zero-order chi connectivity index (χ0) is 42.9. The van der Waals surface area contributed by atoms with Crippen molar-refractivity contribution in [2.75, 3.05) is 11.4 Å². The molecule has 0 radical (unpaired) electrons. The number of hydrogen-bond acceptors (Lipinski definition) is 8. The summed E-state index contributed by atoms with van der Waals surface area (Å²) in [7, 11) is 0. The lowest BCUT2D eigenvalue weighted by Gasteiger charge is -2.26. The largest absolute Gasteiger partial charge is 0.445 e. The molecule has 0 aromatic heterocycles. The zero-order valence-corrected chi connectivity index (χ0v) is 33.9. The first kappa shape index (κ1) is 45.5. The van der Waals surface area contributed by atoms with Gasteiger partial charge in [-0.15, -0.1) is 0 Å². The molecule has 1 heterocycles. The highest BCUT2D eigenvalue weighted by atomic mass is 35.5. The van der Waals surface area contributed by atoms with E-state index >= 15 is 0 Å². The average Bonchev–Trinajstić information content (AvgIpc) is 3.65. The summed E-state index contributed by atoms with van der Waals surface area (Å²) in [5, 5.41) is 11.2. The van der Waals surface area contributed by atoms with Gasteiger partial charge >= 0.3 is 6.09 Å². The number of nitrogens with two attached hydrogens (primary N) is 2. The molecule has 0 saturated heterocycles. The second-order valence-electron chi connectivity index (χ2n) is 14.7. The maximum atomic E-state index is 14.1. The van der Waals surface area contributed by atoms with E-state index in [1.54, 1.807) is 66.7 Å². The van der Waals surface area contributed by atoms with Crippen LogP contribution in [0.3, 0.4) is 0 Å². The maximum absolute atomic E-state index is 14.1. The Morgan fingerprint density at radius 2 is 1.32 bits per heavy atom. The van der Waals surface area contributed by atoms with E-state index in [1.807, 2.05) is 26.0 Å². The summed E-state index contributed by atoms with van der Waals surface area (Å²) >= 11 is 6.40. The normalized spacial score (nSPS) is 14.1. The molecule has 1 aliphatic rings. The fraction of sp³-hybridized carbons (Fsp3) is 0.372. The molecule has 0 unspecified atom stereocenters. The number of carbonyl (C=O) groups is 7. The van der Waals surface area contributed by atoms with Crippen molar-refractivity contribution < 1.29 is 38.3 Å². The van der Waals surface area contributed by atoms with Crippen LogP contribution in [0.15, 0.2) is 91.0 Å². The first-order chi connectivity index (χ1) is 28.2. The van der Waals surface area contributed by atoms with Crippen LogP contribution >= 0.6 is 11.6 Å².